The van der Waals surface area contributed by atoms with Gasteiger partial charge in [-0.1, -0.05) is 29.8 Å². The number of nitro benzene ring substituents is 1. The number of nitrogens with one attached hydrogen (secondary N) is 1. The van der Waals surface area contributed by atoms with E-state index in [0.717, 1.165) is 24.3 Å². The molecule has 1 fully saturated rings. The maximum Gasteiger partial charge on any atom is 0.269 e. The Balaban J connectivity index is 1.72. The summed E-state index contributed by atoms with van der Waals surface area (Å²) in [4.78, 5) is 10.5. The van der Waals surface area contributed by atoms with E-state index in [2.05, 4.69) is 30.4 Å². The number of nitro groups is 1. The number of hydrogen-bond donors (Lipinski definition) is 1. The van der Waals surface area contributed by atoms with Gasteiger partial charge >= 0.3 is 0 Å². The number of fused-ring (bicyclic) bond motifs is 3. The molecule has 4 rings (SSSR count). The Hall–Kier alpha value is -2.40. The Morgan fingerprint density at radius 1 is 1.22 bits per heavy atom. The van der Waals surface area contributed by atoms with Crippen LogP contribution in [-0.4, -0.2) is 11.5 Å². The van der Waals surface area contributed by atoms with E-state index >= 15 is 0 Å². The first kappa shape index (κ1) is 14.2. The lowest BCUT2D eigenvalue weighted by Crippen LogP contribution is -2.29. The second-order valence-corrected chi connectivity index (χ2v) is 6.31. The van der Waals surface area contributed by atoms with Gasteiger partial charge in [-0.05, 0) is 25.0 Å². The van der Waals surface area contributed by atoms with Crippen LogP contribution in [0.2, 0.25) is 0 Å². The monoisotopic (exact) mass is 310 g/mol. The van der Waals surface area contributed by atoms with Crippen molar-refractivity contribution in [1.82, 2.24) is 0 Å². The molecule has 0 radical (unpaired) electrons. The second-order valence-electron chi connectivity index (χ2n) is 6.31. The predicted octanol–water partition coefficient (Wildman–Crippen LogP) is 4.15. The molecule has 0 amide bonds. The summed E-state index contributed by atoms with van der Waals surface area (Å²) in [5, 5.41) is 14.4. The highest BCUT2D eigenvalue weighted by molar-refractivity contribution is 5.58. The van der Waals surface area contributed by atoms with Gasteiger partial charge in [0, 0.05) is 35.9 Å². The lowest BCUT2D eigenvalue weighted by atomic mass is 9.80. The molecule has 0 bridgehead atoms. The molecule has 2 aliphatic rings. The lowest BCUT2D eigenvalue weighted by molar-refractivity contribution is -0.384. The maximum absolute atomic E-state index is 10.8. The van der Waals surface area contributed by atoms with Gasteiger partial charge in [0.05, 0.1) is 17.1 Å². The average Bonchev–Trinajstić information content (AvgIpc) is 3.04. The van der Waals surface area contributed by atoms with Gasteiger partial charge in [0.25, 0.3) is 5.69 Å². The largest absolute Gasteiger partial charge is 0.378 e. The molecule has 5 nitrogen and oxygen atoms in total. The normalized spacial score (nSPS) is 25.3. The molecule has 2 heterocycles. The molecule has 0 aliphatic carbocycles. The van der Waals surface area contributed by atoms with Gasteiger partial charge in [-0.15, -0.1) is 0 Å². The van der Waals surface area contributed by atoms with Crippen LogP contribution in [0.1, 0.15) is 35.3 Å². The molecule has 0 aromatic heterocycles. The maximum atomic E-state index is 10.8. The second kappa shape index (κ2) is 5.35. The Morgan fingerprint density at radius 3 is 2.74 bits per heavy atom. The molecule has 2 aliphatic heterocycles. The first-order valence-corrected chi connectivity index (χ1v) is 7.86. The highest BCUT2D eigenvalue weighted by Gasteiger charge is 2.41. The molecule has 2 aromatic carbocycles. The summed E-state index contributed by atoms with van der Waals surface area (Å²) in [6.45, 7) is 2.85. The molecule has 5 heteroatoms. The number of aryl methyl sites for hydroxylation is 1. The zero-order valence-corrected chi connectivity index (χ0v) is 12.9. The van der Waals surface area contributed by atoms with Crippen LogP contribution in [0.3, 0.4) is 0 Å². The minimum absolute atomic E-state index is 0.103. The summed E-state index contributed by atoms with van der Waals surface area (Å²) in [6.07, 6.45) is 1.10. The van der Waals surface area contributed by atoms with Crippen LogP contribution in [0, 0.1) is 23.0 Å². The van der Waals surface area contributed by atoms with E-state index in [1.807, 2.05) is 12.1 Å². The van der Waals surface area contributed by atoms with Crippen LogP contribution in [0.25, 0.3) is 0 Å². The first-order chi connectivity index (χ1) is 11.1. The van der Waals surface area contributed by atoms with Crippen LogP contribution >= 0.6 is 0 Å². The molecule has 1 N–H and O–H groups in total. The van der Waals surface area contributed by atoms with E-state index in [4.69, 9.17) is 4.74 Å². The van der Waals surface area contributed by atoms with Crippen molar-refractivity contribution in [3.05, 3.63) is 69.3 Å². The van der Waals surface area contributed by atoms with E-state index < -0.39 is 0 Å². The molecule has 23 heavy (non-hydrogen) atoms. The molecule has 1 saturated heterocycles. The smallest absolute Gasteiger partial charge is 0.269 e. The number of rotatable bonds is 2. The lowest BCUT2D eigenvalue weighted by Gasteiger charge is -2.36. The molecule has 3 atom stereocenters. The zero-order chi connectivity index (χ0) is 16.0. The van der Waals surface area contributed by atoms with Gasteiger partial charge in [-0.2, -0.15) is 0 Å². The summed E-state index contributed by atoms with van der Waals surface area (Å²) >= 11 is 0. The summed E-state index contributed by atoms with van der Waals surface area (Å²) in [5.74, 6) is 0.353. The van der Waals surface area contributed by atoms with Crippen LogP contribution in [-0.2, 0) is 4.74 Å². The van der Waals surface area contributed by atoms with E-state index in [9.17, 15) is 10.1 Å². The van der Waals surface area contributed by atoms with Gasteiger partial charge in [-0.3, -0.25) is 10.1 Å². The minimum atomic E-state index is -0.363. The molecule has 118 valence electrons. The Kier molecular flexibility index (Phi) is 3.31. The van der Waals surface area contributed by atoms with Crippen LogP contribution in [0.15, 0.2) is 42.5 Å². The number of anilines is 1. The Morgan fingerprint density at radius 2 is 2.00 bits per heavy atom. The molecule has 0 unspecified atom stereocenters. The Labute approximate surface area is 134 Å². The fraction of sp³-hybridized carbons (Fsp3) is 0.333. The highest BCUT2D eigenvalue weighted by Crippen LogP contribution is 2.50. The molecule has 0 spiro atoms. The van der Waals surface area contributed by atoms with E-state index in [-0.39, 0.29) is 22.8 Å². The molecule has 0 saturated carbocycles. The fourth-order valence-corrected chi connectivity index (χ4v) is 3.73. The summed E-state index contributed by atoms with van der Waals surface area (Å²) in [7, 11) is 0. The highest BCUT2D eigenvalue weighted by atomic mass is 16.6. The van der Waals surface area contributed by atoms with Gasteiger partial charge in [-0.25, -0.2) is 0 Å². The van der Waals surface area contributed by atoms with Crippen molar-refractivity contribution in [2.45, 2.75) is 25.5 Å². The topological polar surface area (TPSA) is 64.4 Å². The van der Waals surface area contributed by atoms with Crippen LogP contribution in [0.5, 0.6) is 0 Å². The number of non-ortho nitro benzene ring substituents is 1. The third kappa shape index (κ3) is 2.37. The molecular weight excluding hydrogens is 292 g/mol. The van der Waals surface area contributed by atoms with Crippen molar-refractivity contribution in [2.75, 3.05) is 11.9 Å². The standard InChI is InChI=1S/C18H18N2O3/c1-11-2-7-16-15(10-11)18-14(8-9-23-18)17(19-16)12-3-5-13(6-4-12)20(21)22/h2-7,10,14,17-19H,8-9H2,1H3/t14-,17-,18-/m1/s1. The number of benzene rings is 2. The molecular formula is C18H18N2O3. The predicted molar refractivity (Wildman–Crippen MR) is 87.4 cm³/mol. The van der Waals surface area contributed by atoms with Gasteiger partial charge in [0.15, 0.2) is 0 Å². The van der Waals surface area contributed by atoms with Crippen LogP contribution < -0.4 is 5.32 Å². The number of hydrogen-bond acceptors (Lipinski definition) is 4. The zero-order valence-electron chi connectivity index (χ0n) is 12.9. The van der Waals surface area contributed by atoms with Crippen molar-refractivity contribution in [2.24, 2.45) is 5.92 Å². The third-order valence-electron chi connectivity index (χ3n) is 4.85. The van der Waals surface area contributed by atoms with E-state index in [0.29, 0.717) is 5.92 Å². The third-order valence-corrected chi connectivity index (χ3v) is 4.85. The quantitative estimate of drug-likeness (QED) is 0.668. The number of ether oxygens (including phenoxy) is 1. The Bertz CT molecular complexity index is 757. The summed E-state index contributed by atoms with van der Waals surface area (Å²) in [6, 6.07) is 13.4. The fourth-order valence-electron chi connectivity index (χ4n) is 3.73. The van der Waals surface area contributed by atoms with Gasteiger partial charge < -0.3 is 10.1 Å². The van der Waals surface area contributed by atoms with Crippen molar-refractivity contribution in [3.8, 4) is 0 Å². The SMILES string of the molecule is Cc1ccc2c(c1)[C@@H]1OCC[C@@H]1[C@@H](c1ccc([N+](=O)[O-])cc1)N2. The minimum Gasteiger partial charge on any atom is -0.378 e. The average molecular weight is 310 g/mol. The first-order valence-electron chi connectivity index (χ1n) is 7.86. The van der Waals surface area contributed by atoms with Crippen molar-refractivity contribution in [3.63, 3.8) is 0 Å². The van der Waals surface area contributed by atoms with Crippen molar-refractivity contribution >= 4 is 11.4 Å². The van der Waals surface area contributed by atoms with Gasteiger partial charge in [0.2, 0.25) is 0 Å². The van der Waals surface area contributed by atoms with E-state index in [1.54, 1.807) is 12.1 Å². The van der Waals surface area contributed by atoms with E-state index in [1.165, 1.54) is 11.1 Å². The molecule has 2 aromatic rings. The van der Waals surface area contributed by atoms with Crippen LogP contribution in [0.4, 0.5) is 11.4 Å². The number of nitrogens with zero attached hydrogens (tertiary/aromatic N) is 1. The van der Waals surface area contributed by atoms with Gasteiger partial charge in [0.1, 0.15) is 0 Å². The summed E-state index contributed by atoms with van der Waals surface area (Å²) in [5.41, 5.74) is 4.75. The van der Waals surface area contributed by atoms with Crippen molar-refractivity contribution < 1.29 is 9.66 Å². The summed E-state index contributed by atoms with van der Waals surface area (Å²) < 4.78 is 6.00. The van der Waals surface area contributed by atoms with Crippen molar-refractivity contribution in [1.29, 1.82) is 0 Å².